The van der Waals surface area contributed by atoms with Gasteiger partial charge in [-0.2, -0.15) is 0 Å². The van der Waals surface area contributed by atoms with Gasteiger partial charge in [-0.1, -0.05) is 66.7 Å². The van der Waals surface area contributed by atoms with Gasteiger partial charge in [0.05, 0.1) is 5.69 Å². The van der Waals surface area contributed by atoms with Crippen molar-refractivity contribution in [2.75, 3.05) is 0 Å². The first kappa shape index (κ1) is 14.1. The molecule has 2 heteroatoms. The molecule has 1 nitrogen and oxygen atoms in total. The average molecular weight is 257 g/mol. The van der Waals surface area contributed by atoms with Crippen LogP contribution in [0.25, 0.3) is 16.7 Å². The van der Waals surface area contributed by atoms with Crippen LogP contribution >= 0.6 is 0 Å². The predicted molar refractivity (Wildman–Crippen MR) is 88.0 cm³/mol. The molecule has 0 saturated heterocycles. The zero-order valence-corrected chi connectivity index (χ0v) is 11.6. The predicted octanol–water partition coefficient (Wildman–Crippen LogP) is 3.69. The normalized spacial score (nSPS) is 11.8. The van der Waals surface area contributed by atoms with Crippen LogP contribution < -0.4 is 5.46 Å². The van der Waals surface area contributed by atoms with E-state index in [0.29, 0.717) is 0 Å². The second kappa shape index (κ2) is 6.71. The van der Waals surface area contributed by atoms with E-state index in [9.17, 15) is 0 Å². The van der Waals surface area contributed by atoms with Crippen LogP contribution in [0.1, 0.15) is 12.6 Å². The Labute approximate surface area is 121 Å². The summed E-state index contributed by atoms with van der Waals surface area (Å²) in [5.74, 6) is 0. The smallest absolute Gasteiger partial charge is 0.113 e. The van der Waals surface area contributed by atoms with Gasteiger partial charge in [0.2, 0.25) is 0 Å². The van der Waals surface area contributed by atoms with Crippen molar-refractivity contribution in [3.8, 4) is 11.1 Å². The molecule has 0 unspecified atom stereocenters. The van der Waals surface area contributed by atoms with Crippen LogP contribution in [-0.4, -0.2) is 12.8 Å². The molecular formula is C18H16BN. The van der Waals surface area contributed by atoms with E-state index in [2.05, 4.69) is 24.6 Å². The van der Waals surface area contributed by atoms with E-state index < -0.39 is 0 Å². The summed E-state index contributed by atoms with van der Waals surface area (Å²) in [5, 5.41) is 0. The molecule has 1 aromatic carbocycles. The van der Waals surface area contributed by atoms with Gasteiger partial charge in [-0.3, -0.25) is 4.98 Å². The van der Waals surface area contributed by atoms with Crippen LogP contribution in [-0.2, 0) is 0 Å². The first-order valence-electron chi connectivity index (χ1n) is 6.49. The summed E-state index contributed by atoms with van der Waals surface area (Å²) >= 11 is 0. The summed E-state index contributed by atoms with van der Waals surface area (Å²) in [5.41, 5.74) is 5.07. The molecule has 2 radical (unpaired) electrons. The molecule has 0 bridgehead atoms. The molecule has 96 valence electrons. The summed E-state index contributed by atoms with van der Waals surface area (Å²) in [4.78, 5) is 4.50. The lowest BCUT2D eigenvalue weighted by Gasteiger charge is -2.09. The summed E-state index contributed by atoms with van der Waals surface area (Å²) in [6, 6.07) is 11.9. The highest BCUT2D eigenvalue weighted by Gasteiger charge is 2.06. The molecule has 0 spiro atoms. The van der Waals surface area contributed by atoms with Crippen molar-refractivity contribution in [1.82, 2.24) is 4.98 Å². The highest BCUT2D eigenvalue weighted by molar-refractivity contribution is 6.32. The molecule has 1 heterocycles. The third kappa shape index (κ3) is 3.36. The number of hydrogen-bond acceptors (Lipinski definition) is 1. The molecule has 0 aliphatic rings. The standard InChI is InChI=1S/C18H16BN/c1-3-4-5-7-14(2)18-17(8-6-13-20-18)15-9-11-16(19)12-10-15/h3-13H,1H2,2H3/b5-4-,14-7+. The second-order valence-corrected chi connectivity index (χ2v) is 4.49. The maximum atomic E-state index is 5.74. The molecule has 0 aliphatic heterocycles. The van der Waals surface area contributed by atoms with Crippen molar-refractivity contribution < 1.29 is 0 Å². The minimum absolute atomic E-state index is 0.764. The van der Waals surface area contributed by atoms with Crippen molar-refractivity contribution in [2.24, 2.45) is 0 Å². The zero-order chi connectivity index (χ0) is 14.4. The van der Waals surface area contributed by atoms with Gasteiger partial charge in [0.1, 0.15) is 7.85 Å². The highest BCUT2D eigenvalue weighted by atomic mass is 14.7. The van der Waals surface area contributed by atoms with Crippen molar-refractivity contribution in [1.29, 1.82) is 0 Å². The Morgan fingerprint density at radius 2 is 1.90 bits per heavy atom. The summed E-state index contributed by atoms with van der Waals surface area (Å²) < 4.78 is 0. The van der Waals surface area contributed by atoms with Gasteiger partial charge in [-0.15, -0.1) is 0 Å². The van der Waals surface area contributed by atoms with E-state index in [1.54, 1.807) is 6.08 Å². The van der Waals surface area contributed by atoms with Crippen LogP contribution in [0.2, 0.25) is 0 Å². The number of allylic oxidation sites excluding steroid dienone is 5. The molecule has 0 fully saturated rings. The monoisotopic (exact) mass is 257 g/mol. The number of aromatic nitrogens is 1. The lowest BCUT2D eigenvalue weighted by Crippen LogP contribution is -2.00. The van der Waals surface area contributed by atoms with Crippen molar-refractivity contribution in [2.45, 2.75) is 6.92 Å². The fraction of sp³-hybridized carbons (Fsp3) is 0.0556. The Bertz CT molecular complexity index is 651. The lowest BCUT2D eigenvalue weighted by atomic mass is 9.92. The van der Waals surface area contributed by atoms with E-state index in [0.717, 1.165) is 27.9 Å². The van der Waals surface area contributed by atoms with E-state index >= 15 is 0 Å². The number of hydrogen-bond donors (Lipinski definition) is 0. The highest BCUT2D eigenvalue weighted by Crippen LogP contribution is 2.26. The third-order valence-electron chi connectivity index (χ3n) is 3.00. The maximum absolute atomic E-state index is 5.74. The van der Waals surface area contributed by atoms with Gasteiger partial charge in [0.15, 0.2) is 0 Å². The van der Waals surface area contributed by atoms with Crippen molar-refractivity contribution in [3.63, 3.8) is 0 Å². The zero-order valence-electron chi connectivity index (χ0n) is 11.6. The molecule has 0 N–H and O–H groups in total. The second-order valence-electron chi connectivity index (χ2n) is 4.49. The Kier molecular flexibility index (Phi) is 4.72. The molecular weight excluding hydrogens is 241 g/mol. The van der Waals surface area contributed by atoms with E-state index in [4.69, 9.17) is 7.85 Å². The molecule has 0 aliphatic carbocycles. The SMILES string of the molecule is [B]c1ccc(-c2cccnc2/C(C)=C/C=C\C=C)cc1. The largest absolute Gasteiger partial charge is 0.256 e. The Morgan fingerprint density at radius 3 is 2.60 bits per heavy atom. The number of benzene rings is 1. The minimum Gasteiger partial charge on any atom is -0.256 e. The molecule has 20 heavy (non-hydrogen) atoms. The Balaban J connectivity index is 2.45. The van der Waals surface area contributed by atoms with E-state index in [1.165, 1.54) is 0 Å². The topological polar surface area (TPSA) is 12.9 Å². The molecule has 0 atom stereocenters. The van der Waals surface area contributed by atoms with Crippen molar-refractivity contribution in [3.05, 3.63) is 79.2 Å². The number of rotatable bonds is 4. The van der Waals surface area contributed by atoms with Gasteiger partial charge >= 0.3 is 0 Å². The van der Waals surface area contributed by atoms with Gasteiger partial charge in [-0.25, -0.2) is 0 Å². The molecule has 1 aromatic heterocycles. The van der Waals surface area contributed by atoms with Gasteiger partial charge in [0.25, 0.3) is 0 Å². The first-order valence-corrected chi connectivity index (χ1v) is 6.49. The van der Waals surface area contributed by atoms with Crippen LogP contribution in [0, 0.1) is 0 Å². The minimum atomic E-state index is 0.764. The van der Waals surface area contributed by atoms with Crippen LogP contribution in [0.5, 0.6) is 0 Å². The van der Waals surface area contributed by atoms with E-state index in [-0.39, 0.29) is 0 Å². The Hall–Kier alpha value is -2.35. The fourth-order valence-electron chi connectivity index (χ4n) is 1.97. The summed E-state index contributed by atoms with van der Waals surface area (Å²) in [6.45, 7) is 5.71. The molecule has 2 aromatic rings. The number of nitrogens with zero attached hydrogens (tertiary/aromatic N) is 1. The van der Waals surface area contributed by atoms with Crippen molar-refractivity contribution >= 4 is 18.9 Å². The van der Waals surface area contributed by atoms with Gasteiger partial charge in [-0.05, 0) is 24.1 Å². The summed E-state index contributed by atoms with van der Waals surface area (Å²) in [6.07, 6.45) is 9.46. The van der Waals surface area contributed by atoms with Crippen LogP contribution in [0.3, 0.4) is 0 Å². The van der Waals surface area contributed by atoms with Gasteiger partial charge < -0.3 is 0 Å². The average Bonchev–Trinajstić information content (AvgIpc) is 2.48. The van der Waals surface area contributed by atoms with Gasteiger partial charge in [0, 0.05) is 11.8 Å². The molecule has 0 amide bonds. The summed E-state index contributed by atoms with van der Waals surface area (Å²) in [7, 11) is 5.74. The quantitative estimate of drug-likeness (QED) is 0.601. The maximum Gasteiger partial charge on any atom is 0.113 e. The van der Waals surface area contributed by atoms with E-state index in [1.807, 2.05) is 54.8 Å². The third-order valence-corrected chi connectivity index (χ3v) is 3.00. The first-order chi connectivity index (χ1) is 9.72. The molecule has 2 rings (SSSR count). The molecule has 0 saturated carbocycles. The fourth-order valence-corrected chi connectivity index (χ4v) is 1.97. The Morgan fingerprint density at radius 1 is 1.15 bits per heavy atom. The lowest BCUT2D eigenvalue weighted by molar-refractivity contribution is 1.27. The number of pyridine rings is 1. The van der Waals surface area contributed by atoms with Crippen LogP contribution in [0.4, 0.5) is 0 Å². The van der Waals surface area contributed by atoms with Crippen LogP contribution in [0.15, 0.2) is 73.5 Å².